The van der Waals surface area contributed by atoms with Crippen molar-refractivity contribution < 1.29 is 63.5 Å². The second-order valence-electron chi connectivity index (χ2n) is 16.5. The summed E-state index contributed by atoms with van der Waals surface area (Å²) in [6.07, 6.45) is -8.89. The van der Waals surface area contributed by atoms with Crippen molar-refractivity contribution in [3.05, 3.63) is 0 Å². The maximum absolute atomic E-state index is 14.2. The monoisotopic (exact) mass is 748 g/mol. The number of esters is 1. The van der Waals surface area contributed by atoms with Crippen molar-refractivity contribution in [1.29, 1.82) is 0 Å². The molecule has 1 amide bonds. The highest BCUT2D eigenvalue weighted by Gasteiger charge is 2.52. The van der Waals surface area contributed by atoms with E-state index in [4.69, 9.17) is 28.4 Å². The zero-order valence-corrected chi connectivity index (χ0v) is 33.2. The van der Waals surface area contributed by atoms with E-state index >= 15 is 0 Å². The van der Waals surface area contributed by atoms with Crippen LogP contribution in [0.5, 0.6) is 0 Å². The van der Waals surface area contributed by atoms with E-state index < -0.39 is 108 Å². The fourth-order valence-corrected chi connectivity index (χ4v) is 8.50. The van der Waals surface area contributed by atoms with E-state index in [1.807, 2.05) is 18.9 Å². The predicted octanol–water partition coefficient (Wildman–Crippen LogP) is 1.09. The molecule has 3 aliphatic heterocycles. The minimum absolute atomic E-state index is 0.0999. The minimum atomic E-state index is -1.82. The van der Waals surface area contributed by atoms with Crippen LogP contribution in [0.1, 0.15) is 94.9 Å². The Morgan fingerprint density at radius 1 is 0.981 bits per heavy atom. The number of amides is 1. The van der Waals surface area contributed by atoms with Crippen molar-refractivity contribution in [1.82, 2.24) is 10.2 Å². The molecule has 15 heteroatoms. The number of aliphatic hydroxyl groups excluding tert-OH is 3. The lowest BCUT2D eigenvalue weighted by Gasteiger charge is -2.48. The summed E-state index contributed by atoms with van der Waals surface area (Å²) < 4.78 is 37.1. The molecule has 0 aromatic rings. The summed E-state index contributed by atoms with van der Waals surface area (Å²) in [5, 5.41) is 60.4. The normalized spacial score (nSPS) is 49.3. The zero-order chi connectivity index (χ0) is 39.5. The van der Waals surface area contributed by atoms with E-state index in [-0.39, 0.29) is 25.2 Å². The first-order valence-electron chi connectivity index (χ1n) is 18.8. The first kappa shape index (κ1) is 44.9. The van der Waals surface area contributed by atoms with Crippen LogP contribution in [0.4, 0.5) is 0 Å². The Morgan fingerprint density at radius 2 is 1.62 bits per heavy atom. The molecule has 3 heterocycles. The summed E-state index contributed by atoms with van der Waals surface area (Å²) in [4.78, 5) is 27.4. The summed E-state index contributed by atoms with van der Waals surface area (Å²) in [6.45, 7) is 17.6. The van der Waals surface area contributed by atoms with E-state index in [1.165, 1.54) is 14.0 Å². The highest BCUT2D eigenvalue weighted by molar-refractivity contribution is 5.73. The van der Waals surface area contributed by atoms with Gasteiger partial charge in [-0.25, -0.2) is 0 Å². The van der Waals surface area contributed by atoms with Crippen molar-refractivity contribution in [3.63, 3.8) is 0 Å². The van der Waals surface area contributed by atoms with Crippen LogP contribution in [0.3, 0.4) is 0 Å². The Bertz CT molecular complexity index is 1160. The number of nitrogens with one attached hydrogen (secondary N) is 1. The second kappa shape index (κ2) is 18.0. The number of likely N-dealkylation sites (N-methyl/N-ethyl adjacent to an activating group) is 1. The molecule has 0 unspecified atom stereocenters. The number of nitrogens with zero attached hydrogens (tertiary/aromatic N) is 1. The molecule has 0 spiro atoms. The lowest BCUT2D eigenvalue weighted by Crippen LogP contribution is -2.60. The largest absolute Gasteiger partial charge is 0.459 e. The first-order chi connectivity index (χ1) is 24.0. The summed E-state index contributed by atoms with van der Waals surface area (Å²) in [6, 6.07) is -1.24. The molecule has 0 radical (unpaired) electrons. The average Bonchev–Trinajstić information content (AvgIpc) is 3.06. The molecule has 0 aliphatic carbocycles. The number of hydrogen-bond donors (Lipinski definition) is 6. The fourth-order valence-electron chi connectivity index (χ4n) is 8.50. The van der Waals surface area contributed by atoms with Crippen LogP contribution < -0.4 is 5.32 Å². The molecule has 52 heavy (non-hydrogen) atoms. The quantitative estimate of drug-likeness (QED) is 0.152. The van der Waals surface area contributed by atoms with Gasteiger partial charge in [0, 0.05) is 32.0 Å². The number of carbonyl (C=O) groups excluding carboxylic acids is 2. The van der Waals surface area contributed by atoms with Crippen molar-refractivity contribution in [3.8, 4) is 0 Å². The molecular weight excluding hydrogens is 680 g/mol. The van der Waals surface area contributed by atoms with Gasteiger partial charge >= 0.3 is 5.97 Å². The molecule has 6 N–H and O–H groups in total. The Labute approximate surface area is 309 Å². The van der Waals surface area contributed by atoms with Crippen LogP contribution in [0.2, 0.25) is 0 Å². The van der Waals surface area contributed by atoms with Gasteiger partial charge < -0.3 is 64.2 Å². The van der Waals surface area contributed by atoms with Crippen LogP contribution in [0.15, 0.2) is 0 Å². The number of cyclic esters (lactones) is 1. The van der Waals surface area contributed by atoms with Gasteiger partial charge in [-0.1, -0.05) is 20.8 Å². The third kappa shape index (κ3) is 10.0. The third-order valence-electron chi connectivity index (χ3n) is 11.9. The maximum atomic E-state index is 14.2. The van der Waals surface area contributed by atoms with Crippen molar-refractivity contribution in [2.45, 2.75) is 185 Å². The molecule has 3 aliphatic rings. The van der Waals surface area contributed by atoms with Crippen LogP contribution in [0, 0.1) is 17.8 Å². The number of ether oxygens (including phenoxy) is 6. The smallest absolute Gasteiger partial charge is 0.311 e. The van der Waals surface area contributed by atoms with Gasteiger partial charge in [-0.3, -0.25) is 9.59 Å². The fraction of sp³-hybridized carbons (Fsp3) is 0.946. The highest BCUT2D eigenvalue weighted by atomic mass is 16.7. The summed E-state index contributed by atoms with van der Waals surface area (Å²) in [5.74, 6) is -2.79. The summed E-state index contributed by atoms with van der Waals surface area (Å²) in [5.41, 5.74) is -4.50. The first-order valence-corrected chi connectivity index (χ1v) is 18.8. The maximum Gasteiger partial charge on any atom is 0.311 e. The second-order valence-corrected chi connectivity index (χ2v) is 16.5. The molecule has 3 rings (SSSR count). The van der Waals surface area contributed by atoms with Crippen LogP contribution in [-0.2, 0) is 38.0 Å². The van der Waals surface area contributed by atoms with Gasteiger partial charge in [-0.2, -0.15) is 0 Å². The third-order valence-corrected chi connectivity index (χ3v) is 11.9. The van der Waals surface area contributed by atoms with Crippen molar-refractivity contribution >= 4 is 12.4 Å². The van der Waals surface area contributed by atoms with Gasteiger partial charge in [0.05, 0.1) is 47.6 Å². The van der Waals surface area contributed by atoms with Gasteiger partial charge in [0.25, 0.3) is 0 Å². The topological polar surface area (TPSA) is 206 Å². The van der Waals surface area contributed by atoms with Crippen LogP contribution in [0.25, 0.3) is 0 Å². The number of hydrogen-bond acceptors (Lipinski definition) is 14. The molecule has 3 saturated heterocycles. The molecular formula is C37H68N2O13. The number of methoxy groups -OCH3 is 1. The number of aliphatic hydroxyl groups is 5. The van der Waals surface area contributed by atoms with Crippen LogP contribution >= 0.6 is 0 Å². The lowest BCUT2D eigenvalue weighted by molar-refractivity contribution is -0.315. The van der Waals surface area contributed by atoms with Crippen LogP contribution in [-0.4, -0.2) is 154 Å². The average molecular weight is 749 g/mol. The van der Waals surface area contributed by atoms with Gasteiger partial charge in [0.1, 0.15) is 30.0 Å². The molecule has 15 nitrogen and oxygen atoms in total. The van der Waals surface area contributed by atoms with Gasteiger partial charge in [0.2, 0.25) is 6.41 Å². The highest BCUT2D eigenvalue weighted by Crippen LogP contribution is 2.40. The molecule has 3 fully saturated rings. The van der Waals surface area contributed by atoms with Gasteiger partial charge in [-0.05, 0) is 80.7 Å². The number of rotatable bonds is 8. The van der Waals surface area contributed by atoms with E-state index in [0.29, 0.717) is 19.4 Å². The van der Waals surface area contributed by atoms with E-state index in [0.717, 1.165) is 0 Å². The molecule has 18 atom stereocenters. The SMILES string of the molecule is CC[C@@H]1OC(=O)[C@H](C)[C@H](O[C@@H]2C[C@](C)(OC)[C@H](O)[C@H](C)O2)[C@@H](C)[C@H](O[C@@H]2O[C@H](C)C[C@H](NC=O)[C@H]2O)[C@](C)(O)C[C@H](C)CN(C)[C@H](C)[C@@H](O)[C@@]1(C)O. The standard InChI is InChI=1S/C37H68N2O13/c1-13-26-37(10,46)30(42)23(6)39(11)17-19(2)15-35(8,45)32(52-34-28(41)25(38-18-40)14-20(3)48-34)21(4)29(22(5)33(44)50-26)51-27-16-36(9,47-12)31(43)24(7)49-27/h18-32,34,41-43,45-46H,13-17H2,1-12H3,(H,38,40)/t19-,20+,21+,22+,23+,24-,25-,26-,27+,28+,29+,30+,31+,32-,34-,35+,36-,37-/m0/s1. The Morgan fingerprint density at radius 3 is 2.19 bits per heavy atom. The van der Waals surface area contributed by atoms with E-state index in [2.05, 4.69) is 5.32 Å². The van der Waals surface area contributed by atoms with Gasteiger partial charge in [-0.15, -0.1) is 0 Å². The summed E-state index contributed by atoms with van der Waals surface area (Å²) in [7, 11) is 3.30. The molecule has 0 aromatic carbocycles. The summed E-state index contributed by atoms with van der Waals surface area (Å²) >= 11 is 0. The van der Waals surface area contributed by atoms with Crippen molar-refractivity contribution in [2.24, 2.45) is 17.8 Å². The van der Waals surface area contributed by atoms with Crippen molar-refractivity contribution in [2.75, 3.05) is 20.7 Å². The molecule has 0 saturated carbocycles. The minimum Gasteiger partial charge on any atom is -0.459 e. The Hall–Kier alpha value is -1.50. The number of carbonyl (C=O) groups is 2. The van der Waals surface area contributed by atoms with Gasteiger partial charge in [0.15, 0.2) is 12.6 Å². The Kier molecular flexibility index (Phi) is 15.5. The molecule has 0 bridgehead atoms. The van der Waals surface area contributed by atoms with E-state index in [9.17, 15) is 35.1 Å². The zero-order valence-electron chi connectivity index (χ0n) is 33.2. The predicted molar refractivity (Wildman–Crippen MR) is 190 cm³/mol. The molecule has 304 valence electrons. The molecule has 0 aromatic heterocycles. The van der Waals surface area contributed by atoms with E-state index in [1.54, 1.807) is 55.4 Å². The lowest BCUT2D eigenvalue weighted by atomic mass is 9.77. The Balaban J connectivity index is 2.17.